The Hall–Kier alpha value is -2.58. The minimum absolute atomic E-state index is 0.0624. The summed E-state index contributed by atoms with van der Waals surface area (Å²) in [6, 6.07) is 9.80. The molecule has 2 fully saturated rings. The number of hydrogen-bond donors (Lipinski definition) is 0. The Labute approximate surface area is 211 Å². The molecule has 0 radical (unpaired) electrons. The Morgan fingerprint density at radius 2 is 1.69 bits per heavy atom. The quantitative estimate of drug-likeness (QED) is 0.600. The van der Waals surface area contributed by atoms with Gasteiger partial charge in [-0.05, 0) is 62.4 Å². The Morgan fingerprint density at radius 3 is 2.40 bits per heavy atom. The zero-order valence-electron chi connectivity index (χ0n) is 20.3. The fourth-order valence-corrected chi connectivity index (χ4v) is 5.94. The van der Waals surface area contributed by atoms with Crippen LogP contribution in [0.15, 0.2) is 35.7 Å². The van der Waals surface area contributed by atoms with Gasteiger partial charge in [-0.2, -0.15) is 0 Å². The van der Waals surface area contributed by atoms with Crippen LogP contribution in [0.3, 0.4) is 0 Å². The highest BCUT2D eigenvalue weighted by Crippen LogP contribution is 2.35. The van der Waals surface area contributed by atoms with Crippen molar-refractivity contribution >= 4 is 28.8 Å². The Morgan fingerprint density at radius 1 is 0.943 bits per heavy atom. The van der Waals surface area contributed by atoms with E-state index in [9.17, 15) is 9.59 Å². The molecule has 0 saturated carbocycles. The molecular weight excluding hydrogens is 462 g/mol. The van der Waals surface area contributed by atoms with E-state index in [4.69, 9.17) is 9.47 Å². The van der Waals surface area contributed by atoms with E-state index in [0.29, 0.717) is 38.0 Å². The molecule has 4 heterocycles. The number of amides is 2. The fourth-order valence-electron chi connectivity index (χ4n) is 5.25. The summed E-state index contributed by atoms with van der Waals surface area (Å²) < 4.78 is 11.4. The largest absolute Gasteiger partial charge is 0.486 e. The average Bonchev–Trinajstić information content (AvgIpc) is 3.26. The lowest BCUT2D eigenvalue weighted by Gasteiger charge is -2.34. The molecule has 2 saturated heterocycles. The van der Waals surface area contributed by atoms with Crippen LogP contribution >= 0.6 is 11.3 Å². The average molecular weight is 498 g/mol. The van der Waals surface area contributed by atoms with Gasteiger partial charge < -0.3 is 19.3 Å². The van der Waals surface area contributed by atoms with Crippen LogP contribution < -0.4 is 14.4 Å². The number of likely N-dealkylation sites (tertiary alicyclic amines) is 2. The van der Waals surface area contributed by atoms with Crippen molar-refractivity contribution in [3.63, 3.8) is 0 Å². The van der Waals surface area contributed by atoms with E-state index in [0.717, 1.165) is 68.2 Å². The molecule has 2 amide bonds. The topological polar surface area (TPSA) is 62.3 Å². The van der Waals surface area contributed by atoms with Crippen LogP contribution in [0.25, 0.3) is 0 Å². The minimum Gasteiger partial charge on any atom is -0.486 e. The first-order valence-electron chi connectivity index (χ1n) is 12.9. The van der Waals surface area contributed by atoms with Gasteiger partial charge in [-0.15, -0.1) is 11.3 Å². The van der Waals surface area contributed by atoms with Gasteiger partial charge in [0.05, 0.1) is 13.1 Å². The fraction of sp³-hybridized carbons (Fsp3) is 0.556. The first kappa shape index (κ1) is 24.1. The maximum Gasteiger partial charge on any atom is 0.241 e. The van der Waals surface area contributed by atoms with Gasteiger partial charge in [0.15, 0.2) is 11.5 Å². The van der Waals surface area contributed by atoms with E-state index in [1.807, 2.05) is 34.5 Å². The van der Waals surface area contributed by atoms with Gasteiger partial charge in [0.1, 0.15) is 13.2 Å². The lowest BCUT2D eigenvalue weighted by atomic mass is 9.95. The molecule has 8 heteroatoms. The number of piperidine rings is 1. The summed E-state index contributed by atoms with van der Waals surface area (Å²) in [6.45, 7) is 5.31. The first-order chi connectivity index (χ1) is 17.2. The molecule has 5 rings (SSSR count). The number of carbonyl (C=O) groups excluding carboxylic acids is 2. The number of thiophene rings is 1. The summed E-state index contributed by atoms with van der Waals surface area (Å²) in [4.78, 5) is 33.9. The van der Waals surface area contributed by atoms with Crippen LogP contribution in [0.2, 0.25) is 0 Å². The van der Waals surface area contributed by atoms with Crippen LogP contribution in [0.1, 0.15) is 43.4 Å². The van der Waals surface area contributed by atoms with Crippen molar-refractivity contribution in [1.82, 2.24) is 9.80 Å². The molecule has 7 nitrogen and oxygen atoms in total. The second kappa shape index (κ2) is 11.4. The Bertz CT molecular complexity index is 996. The summed E-state index contributed by atoms with van der Waals surface area (Å²) in [7, 11) is 0. The van der Waals surface area contributed by atoms with E-state index in [1.54, 1.807) is 11.3 Å². The SMILES string of the molecule is O=C(C1CCN(CC(=O)N(Cc2cccs2)c2ccc3c(c2)OCCO3)CC1)N1CCCCCC1. The normalized spacial score (nSPS) is 19.3. The van der Waals surface area contributed by atoms with Crippen LogP contribution in [-0.4, -0.2) is 67.6 Å². The predicted molar refractivity (Wildman–Crippen MR) is 137 cm³/mol. The maximum atomic E-state index is 13.5. The molecule has 3 aliphatic rings. The third kappa shape index (κ3) is 5.98. The second-order valence-corrected chi connectivity index (χ2v) is 10.7. The summed E-state index contributed by atoms with van der Waals surface area (Å²) in [5.74, 6) is 1.89. The number of nitrogens with zero attached hydrogens (tertiary/aromatic N) is 3. The van der Waals surface area contributed by atoms with Crippen molar-refractivity contribution in [3.8, 4) is 11.5 Å². The molecule has 35 heavy (non-hydrogen) atoms. The number of anilines is 1. The highest BCUT2D eigenvalue weighted by molar-refractivity contribution is 7.09. The monoisotopic (exact) mass is 497 g/mol. The van der Waals surface area contributed by atoms with Crippen LogP contribution in [0.5, 0.6) is 11.5 Å². The first-order valence-corrected chi connectivity index (χ1v) is 13.8. The smallest absolute Gasteiger partial charge is 0.241 e. The van der Waals surface area contributed by atoms with Gasteiger partial charge in [0.2, 0.25) is 11.8 Å². The van der Waals surface area contributed by atoms with Gasteiger partial charge in [-0.1, -0.05) is 18.9 Å². The lowest BCUT2D eigenvalue weighted by Crippen LogP contribution is -2.46. The number of fused-ring (bicyclic) bond motifs is 1. The van der Waals surface area contributed by atoms with Gasteiger partial charge >= 0.3 is 0 Å². The molecule has 0 atom stereocenters. The zero-order chi connectivity index (χ0) is 24.0. The number of ether oxygens (including phenoxy) is 2. The number of rotatable bonds is 6. The second-order valence-electron chi connectivity index (χ2n) is 9.68. The number of hydrogen-bond acceptors (Lipinski definition) is 6. The predicted octanol–water partition coefficient (Wildman–Crippen LogP) is 4.17. The number of benzene rings is 1. The molecule has 188 valence electrons. The maximum absolute atomic E-state index is 13.5. The van der Waals surface area contributed by atoms with Crippen LogP contribution in [0.4, 0.5) is 5.69 Å². The summed E-state index contributed by atoms with van der Waals surface area (Å²) >= 11 is 1.65. The molecule has 0 aliphatic carbocycles. The van der Waals surface area contributed by atoms with Crippen molar-refractivity contribution in [1.29, 1.82) is 0 Å². The molecule has 1 aromatic carbocycles. The molecule has 3 aliphatic heterocycles. The molecule has 0 N–H and O–H groups in total. The van der Waals surface area contributed by atoms with Crippen LogP contribution in [-0.2, 0) is 16.1 Å². The van der Waals surface area contributed by atoms with Crippen molar-refractivity contribution in [2.45, 2.75) is 45.1 Å². The summed E-state index contributed by atoms with van der Waals surface area (Å²) in [6.07, 6.45) is 6.37. The molecular formula is C27H35N3O4S. The number of carbonyl (C=O) groups is 2. The Balaban J connectivity index is 1.22. The summed E-state index contributed by atoms with van der Waals surface area (Å²) in [5, 5.41) is 2.04. The van der Waals surface area contributed by atoms with Crippen molar-refractivity contribution in [2.24, 2.45) is 5.92 Å². The lowest BCUT2D eigenvalue weighted by molar-refractivity contribution is -0.137. The highest BCUT2D eigenvalue weighted by Gasteiger charge is 2.30. The molecule has 0 spiro atoms. The Kier molecular flexibility index (Phi) is 7.88. The molecule has 0 bridgehead atoms. The summed E-state index contributed by atoms with van der Waals surface area (Å²) in [5.41, 5.74) is 0.818. The highest BCUT2D eigenvalue weighted by atomic mass is 32.1. The van der Waals surface area contributed by atoms with Crippen LogP contribution in [0, 0.1) is 5.92 Å². The molecule has 1 aromatic heterocycles. The van der Waals surface area contributed by atoms with Gasteiger partial charge in [-0.25, -0.2) is 0 Å². The minimum atomic E-state index is 0.0624. The van der Waals surface area contributed by atoms with Gasteiger partial charge in [0, 0.05) is 35.6 Å². The van der Waals surface area contributed by atoms with E-state index in [2.05, 4.69) is 15.9 Å². The third-order valence-corrected chi connectivity index (χ3v) is 8.11. The van der Waals surface area contributed by atoms with E-state index in [-0.39, 0.29) is 11.8 Å². The zero-order valence-corrected chi connectivity index (χ0v) is 21.1. The van der Waals surface area contributed by atoms with E-state index >= 15 is 0 Å². The van der Waals surface area contributed by atoms with E-state index in [1.165, 1.54) is 12.8 Å². The van der Waals surface area contributed by atoms with Crippen molar-refractivity contribution in [2.75, 3.05) is 50.8 Å². The van der Waals surface area contributed by atoms with Gasteiger partial charge in [0.25, 0.3) is 0 Å². The van der Waals surface area contributed by atoms with Crippen molar-refractivity contribution < 1.29 is 19.1 Å². The molecule has 0 unspecified atom stereocenters. The molecule has 2 aromatic rings. The standard InChI is InChI=1S/C27H35N3O4S/c31-26(20-28-13-9-21(10-14-28)27(32)29-11-3-1-2-4-12-29)30(19-23-6-5-17-35-23)22-7-8-24-25(18-22)34-16-15-33-24/h5-8,17-18,21H,1-4,9-16,19-20H2. The third-order valence-electron chi connectivity index (χ3n) is 7.25. The van der Waals surface area contributed by atoms with E-state index < -0.39 is 0 Å². The van der Waals surface area contributed by atoms with Gasteiger partial charge in [-0.3, -0.25) is 14.5 Å². The van der Waals surface area contributed by atoms with Crippen molar-refractivity contribution in [3.05, 3.63) is 40.6 Å².